The Morgan fingerprint density at radius 2 is 2.08 bits per heavy atom. The Bertz CT molecular complexity index is 905. The molecule has 1 atom stereocenters. The molecule has 2 aliphatic rings. The molecule has 138 valence electrons. The molecule has 0 spiro atoms. The lowest BCUT2D eigenvalue weighted by molar-refractivity contribution is 0.186. The molecule has 0 radical (unpaired) electrons. The molecule has 26 heavy (non-hydrogen) atoms. The molecule has 1 unspecified atom stereocenters. The number of carbonyl (C=O) groups is 1. The highest BCUT2D eigenvalue weighted by Gasteiger charge is 2.32. The van der Waals surface area contributed by atoms with Gasteiger partial charge in [-0.3, -0.25) is 0 Å². The minimum Gasteiger partial charge on any atom is -0.459 e. The van der Waals surface area contributed by atoms with E-state index < -0.39 is 15.1 Å². The van der Waals surface area contributed by atoms with Gasteiger partial charge in [-0.2, -0.15) is 0 Å². The summed E-state index contributed by atoms with van der Waals surface area (Å²) in [6.07, 6.45) is 2.05. The van der Waals surface area contributed by atoms with Gasteiger partial charge in [0, 0.05) is 18.7 Å². The molecule has 7 heteroatoms. The largest absolute Gasteiger partial charge is 0.459 e. The molecule has 2 aliphatic heterocycles. The monoisotopic (exact) mass is 374 g/mol. The van der Waals surface area contributed by atoms with Crippen molar-refractivity contribution >= 4 is 15.9 Å². The van der Waals surface area contributed by atoms with Crippen molar-refractivity contribution in [2.24, 2.45) is 0 Å². The van der Waals surface area contributed by atoms with Crippen molar-refractivity contribution in [3.63, 3.8) is 0 Å². The molecule has 1 aromatic carbocycles. The maximum atomic E-state index is 12.4. The topological polar surface area (TPSA) is 79.6 Å². The lowest BCUT2D eigenvalue weighted by Gasteiger charge is -2.26. The standard InChI is InChI=1S/C19H22N2O4S/c22-19(20-12-16-7-4-10-26(16,23)24)21-9-8-15-11-17(25-18(15)13-21)14-5-2-1-3-6-14/h1-3,5-6,11,16H,4,7-10,12-13H2,(H,20,22). The van der Waals surface area contributed by atoms with Crippen molar-refractivity contribution in [2.45, 2.75) is 31.1 Å². The fourth-order valence-corrected chi connectivity index (χ4v) is 5.40. The average molecular weight is 374 g/mol. The van der Waals surface area contributed by atoms with Crippen molar-refractivity contribution < 1.29 is 17.6 Å². The molecule has 0 saturated carbocycles. The molecule has 4 rings (SSSR count). The third-order valence-corrected chi connectivity index (χ3v) is 7.45. The van der Waals surface area contributed by atoms with Crippen LogP contribution in [-0.2, 0) is 22.8 Å². The normalized spacial score (nSPS) is 21.4. The lowest BCUT2D eigenvalue weighted by Crippen LogP contribution is -2.45. The Kier molecular flexibility index (Phi) is 4.48. The zero-order chi connectivity index (χ0) is 18.1. The van der Waals surface area contributed by atoms with Crippen molar-refractivity contribution in [2.75, 3.05) is 18.8 Å². The number of fused-ring (bicyclic) bond motifs is 1. The number of nitrogens with one attached hydrogen (secondary N) is 1. The minimum atomic E-state index is -3.04. The van der Waals surface area contributed by atoms with Gasteiger partial charge in [-0.05, 0) is 30.9 Å². The number of benzene rings is 1. The Morgan fingerprint density at radius 3 is 2.81 bits per heavy atom. The highest BCUT2D eigenvalue weighted by molar-refractivity contribution is 7.92. The van der Waals surface area contributed by atoms with Crippen LogP contribution in [0.4, 0.5) is 4.79 Å². The van der Waals surface area contributed by atoms with Gasteiger partial charge in [-0.25, -0.2) is 13.2 Å². The highest BCUT2D eigenvalue weighted by atomic mass is 32.2. The van der Waals surface area contributed by atoms with E-state index in [0.29, 0.717) is 25.9 Å². The zero-order valence-corrected chi connectivity index (χ0v) is 15.3. The number of furan rings is 1. The summed E-state index contributed by atoms with van der Waals surface area (Å²) in [6, 6.07) is 11.7. The number of hydrogen-bond donors (Lipinski definition) is 1. The van der Waals surface area contributed by atoms with Crippen molar-refractivity contribution in [1.29, 1.82) is 0 Å². The van der Waals surface area contributed by atoms with E-state index in [9.17, 15) is 13.2 Å². The minimum absolute atomic E-state index is 0.192. The number of urea groups is 1. The summed E-state index contributed by atoms with van der Waals surface area (Å²) in [6.45, 7) is 1.20. The van der Waals surface area contributed by atoms with Crippen LogP contribution in [0.2, 0.25) is 0 Å². The van der Waals surface area contributed by atoms with Gasteiger partial charge in [-0.15, -0.1) is 0 Å². The third kappa shape index (κ3) is 3.35. The summed E-state index contributed by atoms with van der Waals surface area (Å²) in [5, 5.41) is 2.34. The first-order valence-corrected chi connectivity index (χ1v) is 10.7. The van der Waals surface area contributed by atoms with Gasteiger partial charge in [0.15, 0.2) is 9.84 Å². The quantitative estimate of drug-likeness (QED) is 0.896. The lowest BCUT2D eigenvalue weighted by atomic mass is 10.1. The number of rotatable bonds is 3. The van der Waals surface area contributed by atoms with Crippen LogP contribution in [0.3, 0.4) is 0 Å². The molecule has 0 aliphatic carbocycles. The second-order valence-corrected chi connectivity index (χ2v) is 9.31. The van der Waals surface area contributed by atoms with Crippen LogP contribution in [0.15, 0.2) is 40.8 Å². The van der Waals surface area contributed by atoms with E-state index >= 15 is 0 Å². The molecular weight excluding hydrogens is 352 g/mol. The first-order chi connectivity index (χ1) is 12.5. The van der Waals surface area contributed by atoms with Gasteiger partial charge in [0.25, 0.3) is 0 Å². The maximum Gasteiger partial charge on any atom is 0.317 e. The van der Waals surface area contributed by atoms with Crippen LogP contribution < -0.4 is 5.32 Å². The second kappa shape index (κ2) is 6.79. The summed E-state index contributed by atoms with van der Waals surface area (Å²) >= 11 is 0. The van der Waals surface area contributed by atoms with Crippen LogP contribution >= 0.6 is 0 Å². The van der Waals surface area contributed by atoms with E-state index in [1.807, 2.05) is 36.4 Å². The third-order valence-electron chi connectivity index (χ3n) is 5.17. The molecule has 6 nitrogen and oxygen atoms in total. The van der Waals surface area contributed by atoms with E-state index in [1.54, 1.807) is 4.90 Å². The second-order valence-electron chi connectivity index (χ2n) is 6.91. The Morgan fingerprint density at radius 1 is 1.27 bits per heavy atom. The van der Waals surface area contributed by atoms with E-state index in [2.05, 4.69) is 5.32 Å². The number of nitrogens with zero attached hydrogens (tertiary/aromatic N) is 1. The van der Waals surface area contributed by atoms with Gasteiger partial charge < -0.3 is 14.6 Å². The summed E-state index contributed by atoms with van der Waals surface area (Å²) in [5.41, 5.74) is 2.15. The molecule has 2 amide bonds. The summed E-state index contributed by atoms with van der Waals surface area (Å²) in [7, 11) is -3.04. The van der Waals surface area contributed by atoms with E-state index in [4.69, 9.17) is 4.42 Å². The number of hydrogen-bond acceptors (Lipinski definition) is 4. The predicted molar refractivity (Wildman–Crippen MR) is 98.5 cm³/mol. The average Bonchev–Trinajstić information content (AvgIpc) is 3.22. The number of carbonyl (C=O) groups excluding carboxylic acids is 1. The molecule has 1 N–H and O–H groups in total. The van der Waals surface area contributed by atoms with Crippen LogP contribution in [0, 0.1) is 0 Å². The van der Waals surface area contributed by atoms with Gasteiger partial charge >= 0.3 is 6.03 Å². The molecule has 2 aromatic rings. The smallest absolute Gasteiger partial charge is 0.317 e. The van der Waals surface area contributed by atoms with Crippen LogP contribution in [-0.4, -0.2) is 43.4 Å². The number of amides is 2. The van der Waals surface area contributed by atoms with Crippen molar-refractivity contribution in [3.05, 3.63) is 47.7 Å². The van der Waals surface area contributed by atoms with Gasteiger partial charge in [0.1, 0.15) is 11.5 Å². The Labute approximate surface area is 153 Å². The predicted octanol–water partition coefficient (Wildman–Crippen LogP) is 2.59. The Balaban J connectivity index is 1.40. The van der Waals surface area contributed by atoms with E-state index in [-0.39, 0.29) is 18.3 Å². The van der Waals surface area contributed by atoms with Gasteiger partial charge in [0.05, 0.1) is 17.5 Å². The first kappa shape index (κ1) is 17.1. The first-order valence-electron chi connectivity index (χ1n) is 8.94. The molecule has 1 aromatic heterocycles. The number of sulfone groups is 1. The van der Waals surface area contributed by atoms with Crippen molar-refractivity contribution in [3.8, 4) is 11.3 Å². The van der Waals surface area contributed by atoms with E-state index in [0.717, 1.165) is 29.1 Å². The van der Waals surface area contributed by atoms with Crippen molar-refractivity contribution in [1.82, 2.24) is 10.2 Å². The Hall–Kier alpha value is -2.28. The molecule has 0 bridgehead atoms. The molecular formula is C19H22N2O4S. The molecule has 1 saturated heterocycles. The summed E-state index contributed by atoms with van der Waals surface area (Å²) in [5.74, 6) is 1.85. The fraction of sp³-hybridized carbons (Fsp3) is 0.421. The van der Waals surface area contributed by atoms with Crippen LogP contribution in [0.5, 0.6) is 0 Å². The molecule has 3 heterocycles. The van der Waals surface area contributed by atoms with Gasteiger partial charge in [-0.1, -0.05) is 30.3 Å². The zero-order valence-electron chi connectivity index (χ0n) is 14.5. The maximum absolute atomic E-state index is 12.4. The highest BCUT2D eigenvalue weighted by Crippen LogP contribution is 2.29. The SMILES string of the molecule is O=C(NCC1CCCS1(=O)=O)N1CCc2cc(-c3ccccc3)oc2C1. The van der Waals surface area contributed by atoms with Gasteiger partial charge in [0.2, 0.25) is 0 Å². The fourth-order valence-electron chi connectivity index (χ4n) is 3.64. The van der Waals surface area contributed by atoms with E-state index in [1.165, 1.54) is 0 Å². The van der Waals surface area contributed by atoms with Crippen LogP contribution in [0.25, 0.3) is 11.3 Å². The summed E-state index contributed by atoms with van der Waals surface area (Å²) < 4.78 is 29.7. The molecule has 1 fully saturated rings. The summed E-state index contributed by atoms with van der Waals surface area (Å²) in [4.78, 5) is 14.1. The van der Waals surface area contributed by atoms with Crippen LogP contribution in [0.1, 0.15) is 24.2 Å².